The number of aliphatic carboxylic acids is 1. The van der Waals surface area contributed by atoms with E-state index in [4.69, 9.17) is 10.2 Å². The summed E-state index contributed by atoms with van der Waals surface area (Å²) in [4.78, 5) is 40.9. The van der Waals surface area contributed by atoms with E-state index < -0.39 is 110 Å². The first-order chi connectivity index (χ1) is 31.5. The summed E-state index contributed by atoms with van der Waals surface area (Å²) in [6, 6.07) is 5.50. The van der Waals surface area contributed by atoms with Gasteiger partial charge in [-0.25, -0.2) is 70.7 Å². The molecule has 22 heteroatoms. The molecule has 0 aliphatic heterocycles. The summed E-state index contributed by atoms with van der Waals surface area (Å²) in [6.07, 6.45) is 1.91. The zero-order valence-electron chi connectivity index (χ0n) is 34.3. The Morgan fingerprint density at radius 3 is 1.15 bits per heavy atom. The van der Waals surface area contributed by atoms with Crippen molar-refractivity contribution in [3.8, 4) is 0 Å². The number of carbonyl (C=O) groups is 4. The largest absolute Gasteiger partial charge is 0.478 e. The minimum absolute atomic E-state index is 0.00407. The predicted octanol–water partition coefficient (Wildman–Crippen LogP) is 11.0. The van der Waals surface area contributed by atoms with Crippen molar-refractivity contribution in [2.45, 2.75) is 45.4 Å². The van der Waals surface area contributed by atoms with Crippen LogP contribution in [0.2, 0.25) is 0 Å². The zero-order valence-corrected chi connectivity index (χ0v) is 34.3. The van der Waals surface area contributed by atoms with Crippen LogP contribution >= 0.6 is 0 Å². The van der Waals surface area contributed by atoms with Crippen molar-refractivity contribution in [2.24, 2.45) is 0 Å². The van der Waals surface area contributed by atoms with Gasteiger partial charge in [0.25, 0.3) is 0 Å². The quantitative estimate of drug-likeness (QED) is 0.0522. The van der Waals surface area contributed by atoms with Crippen LogP contribution in [0.4, 0.5) is 65.9 Å². The molecule has 0 radical (unpaired) electrons. The molecule has 0 heterocycles. The molecular formula is C45H35F15O7. The molecule has 2 N–H and O–H groups in total. The third kappa shape index (κ3) is 20.8. The number of halogens is 15. The van der Waals surface area contributed by atoms with E-state index in [-0.39, 0.29) is 74.7 Å². The maximum absolute atomic E-state index is 13.1. The number of esters is 1. The van der Waals surface area contributed by atoms with Crippen molar-refractivity contribution < 1.29 is 100.0 Å². The molecule has 0 fully saturated rings. The number of aldehydes is 2. The average molecular weight is 973 g/mol. The first-order valence-electron chi connectivity index (χ1n) is 18.7. The highest BCUT2D eigenvalue weighted by Gasteiger charge is 2.15. The Kier molecular flexibility index (Phi) is 25.6. The third-order valence-corrected chi connectivity index (χ3v) is 7.90. The van der Waals surface area contributed by atoms with E-state index >= 15 is 0 Å². The fraction of sp³-hybridized carbons (Fsp3) is 0.200. The van der Waals surface area contributed by atoms with Crippen LogP contribution in [0.5, 0.6) is 0 Å². The van der Waals surface area contributed by atoms with Gasteiger partial charge in [0.05, 0.1) is 12.2 Å². The molecule has 7 nitrogen and oxygen atoms in total. The van der Waals surface area contributed by atoms with Gasteiger partial charge < -0.3 is 19.7 Å². The van der Waals surface area contributed by atoms with Gasteiger partial charge in [-0.15, -0.1) is 0 Å². The van der Waals surface area contributed by atoms with Crippen LogP contribution in [0.25, 0.3) is 6.08 Å². The summed E-state index contributed by atoms with van der Waals surface area (Å²) >= 11 is 0. The molecular weight excluding hydrogens is 937 g/mol. The van der Waals surface area contributed by atoms with Gasteiger partial charge in [0, 0.05) is 108 Å². The van der Waals surface area contributed by atoms with E-state index in [0.29, 0.717) is 73.0 Å². The minimum Gasteiger partial charge on any atom is -0.478 e. The highest BCUT2D eigenvalue weighted by Crippen LogP contribution is 2.20. The maximum atomic E-state index is 13.1. The van der Waals surface area contributed by atoms with Crippen LogP contribution in [-0.2, 0) is 38.4 Å². The highest BCUT2D eigenvalue weighted by molar-refractivity contribution is 5.85. The monoisotopic (exact) mass is 972 g/mol. The molecule has 0 aliphatic carbocycles. The van der Waals surface area contributed by atoms with Crippen molar-refractivity contribution in [3.63, 3.8) is 0 Å². The lowest BCUT2D eigenvalue weighted by molar-refractivity contribution is -0.143. The van der Waals surface area contributed by atoms with Gasteiger partial charge in [-0.3, -0.25) is 9.59 Å². The Morgan fingerprint density at radius 1 is 0.507 bits per heavy atom. The Bertz CT molecular complexity index is 2380. The lowest BCUT2D eigenvalue weighted by atomic mass is 10.1. The molecule has 0 aromatic heterocycles. The number of carboxylic acids is 1. The van der Waals surface area contributed by atoms with Crippen molar-refractivity contribution in [1.29, 1.82) is 0 Å². The predicted molar refractivity (Wildman–Crippen MR) is 208 cm³/mol. The second-order valence-corrected chi connectivity index (χ2v) is 12.7. The summed E-state index contributed by atoms with van der Waals surface area (Å²) in [5.41, 5.74) is -2.03. The summed E-state index contributed by atoms with van der Waals surface area (Å²) in [5.74, 6) is -17.1. The number of aliphatic hydroxyl groups is 1. The van der Waals surface area contributed by atoms with Crippen LogP contribution < -0.4 is 0 Å². The van der Waals surface area contributed by atoms with Crippen LogP contribution in [0.15, 0.2) is 66.7 Å². The number of hydrogen-bond acceptors (Lipinski definition) is 6. The van der Waals surface area contributed by atoms with Crippen molar-refractivity contribution in [2.75, 3.05) is 13.2 Å². The SMILES string of the molecule is CCOC(=O)CCc1c(F)cc(F)cc1F.O=C(O)/C=C/c1c(F)cc(F)cc1F.O=CCCc1c(F)cc(F)cc1F.O=Cc1c(F)cc(F)cc1F.OCCCc1c(F)cc(F)cc1F. The number of benzene rings is 5. The Balaban J connectivity index is 0.000000421. The number of carbonyl (C=O) groups excluding carboxylic acids is 3. The molecule has 0 aliphatic rings. The van der Waals surface area contributed by atoms with Crippen molar-refractivity contribution in [3.05, 3.63) is 182 Å². The number of rotatable bonds is 13. The first kappa shape index (κ1) is 58.0. The topological polar surface area (TPSA) is 118 Å². The molecule has 0 saturated carbocycles. The molecule has 0 saturated heterocycles. The molecule has 0 atom stereocenters. The van der Waals surface area contributed by atoms with Gasteiger partial charge in [-0.2, -0.15) is 0 Å². The Morgan fingerprint density at radius 2 is 0.836 bits per heavy atom. The van der Waals surface area contributed by atoms with E-state index in [2.05, 4.69) is 4.74 Å². The molecule has 5 aromatic carbocycles. The number of hydrogen-bond donors (Lipinski definition) is 2. The molecule has 0 bridgehead atoms. The Labute approximate surface area is 370 Å². The molecule has 0 unspecified atom stereocenters. The van der Waals surface area contributed by atoms with Gasteiger partial charge in [0.1, 0.15) is 93.5 Å². The van der Waals surface area contributed by atoms with Gasteiger partial charge in [-0.05, 0) is 38.7 Å². The lowest BCUT2D eigenvalue weighted by Crippen LogP contribution is -2.07. The van der Waals surface area contributed by atoms with E-state index in [1.807, 2.05) is 0 Å². The van der Waals surface area contributed by atoms with E-state index in [9.17, 15) is 85.0 Å². The Hall–Kier alpha value is -6.97. The fourth-order valence-corrected chi connectivity index (χ4v) is 4.89. The summed E-state index contributed by atoms with van der Waals surface area (Å²) in [5, 5.41) is 16.7. The van der Waals surface area contributed by atoms with Crippen LogP contribution in [-0.4, -0.2) is 47.9 Å². The second-order valence-electron chi connectivity index (χ2n) is 12.7. The second kappa shape index (κ2) is 29.5. The van der Waals surface area contributed by atoms with Gasteiger partial charge >= 0.3 is 11.9 Å². The molecule has 5 aromatic rings. The van der Waals surface area contributed by atoms with Crippen LogP contribution in [0.1, 0.15) is 58.8 Å². The number of aliphatic hydroxyl groups excluding tert-OH is 1. The van der Waals surface area contributed by atoms with E-state index in [0.717, 1.165) is 6.08 Å². The summed E-state index contributed by atoms with van der Waals surface area (Å²) in [6.45, 7) is 1.71. The molecule has 0 spiro atoms. The van der Waals surface area contributed by atoms with Gasteiger partial charge in [-0.1, -0.05) is 0 Å². The maximum Gasteiger partial charge on any atom is 0.328 e. The van der Waals surface area contributed by atoms with Crippen LogP contribution in [0, 0.1) is 87.3 Å². The number of ether oxygens (including phenoxy) is 1. The van der Waals surface area contributed by atoms with E-state index in [1.165, 1.54) is 0 Å². The summed E-state index contributed by atoms with van der Waals surface area (Å²) < 4.78 is 195. The third-order valence-electron chi connectivity index (χ3n) is 7.90. The van der Waals surface area contributed by atoms with Gasteiger partial charge in [0.2, 0.25) is 0 Å². The fourth-order valence-electron chi connectivity index (χ4n) is 4.89. The summed E-state index contributed by atoms with van der Waals surface area (Å²) in [7, 11) is 0. The minimum atomic E-state index is -1.34. The smallest absolute Gasteiger partial charge is 0.328 e. The average Bonchev–Trinajstić information content (AvgIpc) is 3.20. The lowest BCUT2D eigenvalue weighted by Gasteiger charge is -2.05. The van der Waals surface area contributed by atoms with Crippen LogP contribution in [0.3, 0.4) is 0 Å². The highest BCUT2D eigenvalue weighted by atomic mass is 19.2. The standard InChI is InChI=1S/C11H11F3O2.C9H5F3O2.C9H9F3O.C9H7F3O.C7H3F3O/c1-2-16-11(15)4-3-8-9(13)5-7(12)6-10(8)14;10-5-3-7(11)6(8(12)4-5)1-2-9(13)14;2*10-6-4-8(11)7(2-1-3-13)9(12)5-6;8-4-1-6(9)5(3-11)7(10)2-4/h5-6H,2-4H2,1H3;1-4H,(H,13,14);4-5,13H,1-3H2;3-5H,1-2H2;1-3H/b;2-1+;;;. The first-order valence-corrected chi connectivity index (χ1v) is 18.7. The molecule has 67 heavy (non-hydrogen) atoms. The number of carboxylic acid groups (broad SMARTS) is 1. The normalized spacial score (nSPS) is 10.3. The molecule has 362 valence electrons. The zero-order chi connectivity index (χ0) is 51.0. The van der Waals surface area contributed by atoms with E-state index in [1.54, 1.807) is 6.92 Å². The molecule has 0 amide bonds. The van der Waals surface area contributed by atoms with Crippen molar-refractivity contribution in [1.82, 2.24) is 0 Å². The van der Waals surface area contributed by atoms with Crippen molar-refractivity contribution >= 4 is 30.6 Å². The van der Waals surface area contributed by atoms with Gasteiger partial charge in [0.15, 0.2) is 6.29 Å². The molecule has 5 rings (SSSR count).